The summed E-state index contributed by atoms with van der Waals surface area (Å²) >= 11 is 1.59. The Kier molecular flexibility index (Phi) is 4.87. The van der Waals surface area contributed by atoms with Gasteiger partial charge in [0, 0.05) is 24.4 Å². The first-order valence-corrected chi connectivity index (χ1v) is 7.27. The fourth-order valence-electron chi connectivity index (χ4n) is 1.89. The Morgan fingerprint density at radius 2 is 2.00 bits per heavy atom. The Hall–Kier alpha value is -1.72. The minimum atomic E-state index is -0.229. The van der Waals surface area contributed by atoms with Crippen LogP contribution in [0.15, 0.2) is 35.7 Å². The van der Waals surface area contributed by atoms with Crippen LogP contribution in [0.5, 0.6) is 0 Å². The summed E-state index contributed by atoms with van der Waals surface area (Å²) in [6.07, 6.45) is 0. The molecule has 106 valence electrons. The van der Waals surface area contributed by atoms with Gasteiger partial charge in [-0.1, -0.05) is 12.1 Å². The number of hydrogen-bond donors (Lipinski definition) is 2. The molecule has 1 atom stereocenters. The lowest BCUT2D eigenvalue weighted by Crippen LogP contribution is -2.18. The summed E-state index contributed by atoms with van der Waals surface area (Å²) in [6, 6.07) is 8.48. The van der Waals surface area contributed by atoms with Crippen LogP contribution in [-0.4, -0.2) is 5.91 Å². The first-order chi connectivity index (χ1) is 9.56. The lowest BCUT2D eigenvalue weighted by atomic mass is 10.1. The van der Waals surface area contributed by atoms with Crippen molar-refractivity contribution in [1.29, 1.82) is 0 Å². The lowest BCUT2D eigenvalue weighted by Gasteiger charge is -2.14. The van der Waals surface area contributed by atoms with Crippen molar-refractivity contribution in [2.75, 3.05) is 5.32 Å². The van der Waals surface area contributed by atoms with Crippen molar-refractivity contribution < 1.29 is 9.18 Å². The van der Waals surface area contributed by atoms with Gasteiger partial charge in [-0.05, 0) is 36.1 Å². The Balaban J connectivity index is 1.96. The van der Waals surface area contributed by atoms with Crippen molar-refractivity contribution >= 4 is 22.9 Å². The predicted octanol–water partition coefficient (Wildman–Crippen LogP) is 3.70. The molecule has 3 nitrogen and oxygen atoms in total. The van der Waals surface area contributed by atoms with Crippen LogP contribution < -0.4 is 10.6 Å². The van der Waals surface area contributed by atoms with Crippen LogP contribution in [0, 0.1) is 5.82 Å². The van der Waals surface area contributed by atoms with Gasteiger partial charge in [0.1, 0.15) is 5.82 Å². The third-order valence-electron chi connectivity index (χ3n) is 2.99. The summed E-state index contributed by atoms with van der Waals surface area (Å²) in [6.45, 7) is 4.18. The van der Waals surface area contributed by atoms with Gasteiger partial charge in [-0.3, -0.25) is 4.79 Å². The fourth-order valence-corrected chi connectivity index (χ4v) is 2.67. The Labute approximate surface area is 121 Å². The van der Waals surface area contributed by atoms with E-state index >= 15 is 0 Å². The first kappa shape index (κ1) is 14.7. The van der Waals surface area contributed by atoms with Crippen molar-refractivity contribution in [3.05, 3.63) is 52.0 Å². The third-order valence-corrected chi connectivity index (χ3v) is 3.92. The van der Waals surface area contributed by atoms with Gasteiger partial charge in [0.05, 0.1) is 5.69 Å². The Morgan fingerprint density at radius 3 is 2.65 bits per heavy atom. The summed E-state index contributed by atoms with van der Waals surface area (Å²) in [7, 11) is 0. The zero-order valence-corrected chi connectivity index (χ0v) is 12.3. The van der Waals surface area contributed by atoms with Crippen molar-refractivity contribution in [3.8, 4) is 0 Å². The Morgan fingerprint density at radius 1 is 1.30 bits per heavy atom. The van der Waals surface area contributed by atoms with Crippen LogP contribution in [0.4, 0.5) is 10.1 Å². The number of halogens is 1. The molecule has 2 N–H and O–H groups in total. The molecule has 0 bridgehead atoms. The van der Waals surface area contributed by atoms with E-state index in [4.69, 9.17) is 0 Å². The highest BCUT2D eigenvalue weighted by molar-refractivity contribution is 7.10. The molecule has 0 fully saturated rings. The number of hydrogen-bond acceptors (Lipinski definition) is 3. The Bertz CT molecular complexity index is 580. The second-order valence-corrected chi connectivity index (χ2v) is 5.59. The van der Waals surface area contributed by atoms with Crippen LogP contribution in [-0.2, 0) is 11.3 Å². The van der Waals surface area contributed by atoms with Gasteiger partial charge in [0.25, 0.3) is 0 Å². The molecule has 1 aromatic heterocycles. The van der Waals surface area contributed by atoms with E-state index in [1.54, 1.807) is 23.5 Å². The van der Waals surface area contributed by atoms with E-state index in [9.17, 15) is 9.18 Å². The highest BCUT2D eigenvalue weighted by atomic mass is 32.1. The summed E-state index contributed by atoms with van der Waals surface area (Å²) in [5, 5.41) is 8.13. The van der Waals surface area contributed by atoms with Gasteiger partial charge >= 0.3 is 0 Å². The minimum Gasteiger partial charge on any atom is -0.325 e. The van der Waals surface area contributed by atoms with Gasteiger partial charge < -0.3 is 10.6 Å². The van der Waals surface area contributed by atoms with E-state index in [-0.39, 0.29) is 17.8 Å². The van der Waals surface area contributed by atoms with E-state index in [0.29, 0.717) is 6.54 Å². The van der Waals surface area contributed by atoms with Gasteiger partial charge in [0.15, 0.2) is 0 Å². The number of thiophene rings is 1. The molecule has 0 aliphatic heterocycles. The average molecular weight is 292 g/mol. The molecule has 0 saturated carbocycles. The number of nitrogens with one attached hydrogen (secondary N) is 2. The van der Waals surface area contributed by atoms with Crippen molar-refractivity contribution in [3.63, 3.8) is 0 Å². The molecule has 1 aromatic carbocycles. The van der Waals surface area contributed by atoms with E-state index < -0.39 is 0 Å². The van der Waals surface area contributed by atoms with Crippen molar-refractivity contribution in [1.82, 2.24) is 5.32 Å². The molecular formula is C15H17FN2OS. The number of carbonyl (C=O) groups excluding carboxylic acids is 1. The normalized spacial score (nSPS) is 12.2. The predicted molar refractivity (Wildman–Crippen MR) is 80.3 cm³/mol. The molecule has 2 rings (SSSR count). The molecule has 0 aliphatic rings. The second kappa shape index (κ2) is 6.63. The zero-order valence-electron chi connectivity index (χ0n) is 11.4. The highest BCUT2D eigenvalue weighted by Gasteiger charge is 2.09. The number of rotatable bonds is 5. The topological polar surface area (TPSA) is 41.1 Å². The maximum atomic E-state index is 12.9. The molecule has 1 heterocycles. The van der Waals surface area contributed by atoms with Gasteiger partial charge in [-0.25, -0.2) is 4.39 Å². The SMILES string of the molecule is CC(=O)Nc1ccsc1CN[C@@H](C)c1ccc(F)cc1. The monoisotopic (exact) mass is 292 g/mol. The molecular weight excluding hydrogens is 275 g/mol. The summed E-state index contributed by atoms with van der Waals surface area (Å²) in [5.74, 6) is -0.302. The summed E-state index contributed by atoms with van der Waals surface area (Å²) in [5.41, 5.74) is 1.88. The van der Waals surface area contributed by atoms with Crippen LogP contribution in [0.25, 0.3) is 0 Å². The van der Waals surface area contributed by atoms with Crippen LogP contribution in [0.1, 0.15) is 30.3 Å². The molecule has 1 amide bonds. The van der Waals surface area contributed by atoms with E-state index in [0.717, 1.165) is 16.1 Å². The maximum Gasteiger partial charge on any atom is 0.221 e. The van der Waals surface area contributed by atoms with E-state index in [1.165, 1.54) is 19.1 Å². The average Bonchev–Trinajstić information content (AvgIpc) is 2.83. The molecule has 2 aromatic rings. The highest BCUT2D eigenvalue weighted by Crippen LogP contribution is 2.23. The van der Waals surface area contributed by atoms with Crippen LogP contribution in [0.2, 0.25) is 0 Å². The van der Waals surface area contributed by atoms with Crippen molar-refractivity contribution in [2.45, 2.75) is 26.4 Å². The molecule has 0 radical (unpaired) electrons. The number of amides is 1. The molecule has 0 unspecified atom stereocenters. The third kappa shape index (κ3) is 3.88. The fraction of sp³-hybridized carbons (Fsp3) is 0.267. The summed E-state index contributed by atoms with van der Waals surface area (Å²) < 4.78 is 12.9. The lowest BCUT2D eigenvalue weighted by molar-refractivity contribution is -0.114. The van der Waals surface area contributed by atoms with E-state index in [2.05, 4.69) is 10.6 Å². The van der Waals surface area contributed by atoms with Gasteiger partial charge in [0.2, 0.25) is 5.91 Å². The smallest absolute Gasteiger partial charge is 0.221 e. The quantitative estimate of drug-likeness (QED) is 0.882. The summed E-state index contributed by atoms with van der Waals surface area (Å²) in [4.78, 5) is 12.2. The molecule has 5 heteroatoms. The largest absolute Gasteiger partial charge is 0.325 e. The van der Waals surface area contributed by atoms with Crippen molar-refractivity contribution in [2.24, 2.45) is 0 Å². The molecule has 0 saturated heterocycles. The molecule has 0 aliphatic carbocycles. The van der Waals surface area contributed by atoms with Gasteiger partial charge in [-0.2, -0.15) is 0 Å². The van der Waals surface area contributed by atoms with Crippen LogP contribution >= 0.6 is 11.3 Å². The molecule has 20 heavy (non-hydrogen) atoms. The first-order valence-electron chi connectivity index (χ1n) is 6.39. The van der Waals surface area contributed by atoms with E-state index in [1.807, 2.05) is 18.4 Å². The number of anilines is 1. The standard InChI is InChI=1S/C15H17FN2OS/c1-10(12-3-5-13(16)6-4-12)17-9-15-14(7-8-20-15)18-11(2)19/h3-8,10,17H,9H2,1-2H3,(H,18,19)/t10-/m0/s1. The zero-order chi connectivity index (χ0) is 14.5. The molecule has 0 spiro atoms. The second-order valence-electron chi connectivity index (χ2n) is 4.59. The minimum absolute atomic E-state index is 0.0729. The van der Waals surface area contributed by atoms with Crippen LogP contribution in [0.3, 0.4) is 0 Å². The maximum absolute atomic E-state index is 12.9. The number of benzene rings is 1. The van der Waals surface area contributed by atoms with Gasteiger partial charge in [-0.15, -0.1) is 11.3 Å². The number of carbonyl (C=O) groups is 1.